The molecule has 0 saturated heterocycles. The molecule has 0 fully saturated rings. The van der Waals surface area contributed by atoms with Crippen molar-refractivity contribution < 1.29 is 15.0 Å². The summed E-state index contributed by atoms with van der Waals surface area (Å²) in [4.78, 5) is 13.4. The fourth-order valence-electron chi connectivity index (χ4n) is 2.14. The number of amides is 2. The average molecular weight is 300 g/mol. The lowest BCUT2D eigenvalue weighted by atomic mass is 10.1. The first kappa shape index (κ1) is 16.0. The standard InChI is InChI=1S/C17H20N2O3/c20-12-10-19(11-13-21)17(22)18-16-8-6-15(7-9-16)14-4-2-1-3-5-14/h1-9,20-21H,10-13H2,(H,18,22). The largest absolute Gasteiger partial charge is 0.395 e. The van der Waals surface area contributed by atoms with Crippen LogP contribution < -0.4 is 5.32 Å². The molecule has 116 valence electrons. The Morgan fingerprint density at radius 3 is 1.95 bits per heavy atom. The van der Waals surface area contributed by atoms with E-state index in [1.165, 1.54) is 4.90 Å². The SMILES string of the molecule is O=C(Nc1ccc(-c2ccccc2)cc1)N(CCO)CCO. The first-order valence-corrected chi connectivity index (χ1v) is 7.17. The number of rotatable bonds is 6. The van der Waals surface area contributed by atoms with Crippen molar-refractivity contribution in [2.45, 2.75) is 0 Å². The summed E-state index contributed by atoms with van der Waals surface area (Å²) < 4.78 is 0. The summed E-state index contributed by atoms with van der Waals surface area (Å²) in [5.74, 6) is 0. The number of hydrogen-bond donors (Lipinski definition) is 3. The number of urea groups is 1. The summed E-state index contributed by atoms with van der Waals surface area (Å²) in [6.45, 7) is 0.101. The Bertz CT molecular complexity index is 579. The van der Waals surface area contributed by atoms with Crippen molar-refractivity contribution in [1.82, 2.24) is 4.90 Å². The molecule has 0 aliphatic rings. The zero-order chi connectivity index (χ0) is 15.8. The summed E-state index contributed by atoms with van der Waals surface area (Å²) in [6, 6.07) is 17.2. The molecule has 0 unspecified atom stereocenters. The van der Waals surface area contributed by atoms with Gasteiger partial charge in [0.25, 0.3) is 0 Å². The third-order valence-corrected chi connectivity index (χ3v) is 3.27. The van der Waals surface area contributed by atoms with Gasteiger partial charge in [0.1, 0.15) is 0 Å². The number of nitrogens with zero attached hydrogens (tertiary/aromatic N) is 1. The van der Waals surface area contributed by atoms with Crippen LogP contribution in [0.3, 0.4) is 0 Å². The maximum absolute atomic E-state index is 12.0. The van der Waals surface area contributed by atoms with E-state index >= 15 is 0 Å². The van der Waals surface area contributed by atoms with E-state index in [4.69, 9.17) is 10.2 Å². The Hall–Kier alpha value is -2.37. The number of benzene rings is 2. The number of carbonyl (C=O) groups excluding carboxylic acids is 1. The Morgan fingerprint density at radius 2 is 1.41 bits per heavy atom. The van der Waals surface area contributed by atoms with Crippen LogP contribution in [0.25, 0.3) is 11.1 Å². The minimum absolute atomic E-state index is 0.139. The van der Waals surface area contributed by atoms with Gasteiger partial charge in [-0.25, -0.2) is 4.79 Å². The number of aliphatic hydroxyl groups excluding tert-OH is 2. The third-order valence-electron chi connectivity index (χ3n) is 3.27. The third kappa shape index (κ3) is 4.31. The molecule has 0 spiro atoms. The van der Waals surface area contributed by atoms with Crippen LogP contribution in [0.5, 0.6) is 0 Å². The quantitative estimate of drug-likeness (QED) is 0.765. The lowest BCUT2D eigenvalue weighted by Crippen LogP contribution is -2.38. The molecule has 2 aromatic carbocycles. The minimum Gasteiger partial charge on any atom is -0.395 e. The summed E-state index contributed by atoms with van der Waals surface area (Å²) in [5, 5.41) is 20.6. The maximum Gasteiger partial charge on any atom is 0.321 e. The van der Waals surface area contributed by atoms with Gasteiger partial charge in [0.15, 0.2) is 0 Å². The number of hydrogen-bond acceptors (Lipinski definition) is 3. The van der Waals surface area contributed by atoms with Gasteiger partial charge in [-0.05, 0) is 23.3 Å². The fraction of sp³-hybridized carbons (Fsp3) is 0.235. The predicted molar refractivity (Wildman–Crippen MR) is 86.6 cm³/mol. The van der Waals surface area contributed by atoms with E-state index < -0.39 is 0 Å². The zero-order valence-corrected chi connectivity index (χ0v) is 12.3. The van der Waals surface area contributed by atoms with E-state index in [0.29, 0.717) is 5.69 Å². The van der Waals surface area contributed by atoms with E-state index in [0.717, 1.165) is 11.1 Å². The highest BCUT2D eigenvalue weighted by atomic mass is 16.3. The lowest BCUT2D eigenvalue weighted by molar-refractivity contribution is 0.167. The highest BCUT2D eigenvalue weighted by Crippen LogP contribution is 2.21. The van der Waals surface area contributed by atoms with E-state index in [2.05, 4.69) is 5.32 Å². The molecule has 22 heavy (non-hydrogen) atoms. The molecule has 3 N–H and O–H groups in total. The van der Waals surface area contributed by atoms with Crippen molar-refractivity contribution in [3.8, 4) is 11.1 Å². The average Bonchev–Trinajstić information content (AvgIpc) is 2.56. The summed E-state index contributed by atoms with van der Waals surface area (Å²) in [6.07, 6.45) is 0. The zero-order valence-electron chi connectivity index (χ0n) is 12.3. The van der Waals surface area contributed by atoms with Gasteiger partial charge in [0, 0.05) is 18.8 Å². The monoisotopic (exact) mass is 300 g/mol. The van der Waals surface area contributed by atoms with Gasteiger partial charge in [-0.2, -0.15) is 0 Å². The van der Waals surface area contributed by atoms with Crippen molar-refractivity contribution in [1.29, 1.82) is 0 Å². The Labute approximate surface area is 129 Å². The van der Waals surface area contributed by atoms with Crippen molar-refractivity contribution >= 4 is 11.7 Å². The molecule has 0 saturated carbocycles. The van der Waals surface area contributed by atoms with Crippen LogP contribution in [-0.2, 0) is 0 Å². The molecule has 0 aromatic heterocycles. The van der Waals surface area contributed by atoms with Crippen LogP contribution in [0.4, 0.5) is 10.5 Å². The topological polar surface area (TPSA) is 72.8 Å². The van der Waals surface area contributed by atoms with Crippen LogP contribution in [0, 0.1) is 0 Å². The number of aliphatic hydroxyl groups is 2. The van der Waals surface area contributed by atoms with Crippen LogP contribution in [-0.4, -0.2) is 47.4 Å². The molecule has 2 rings (SSSR count). The van der Waals surface area contributed by atoms with Gasteiger partial charge in [-0.3, -0.25) is 0 Å². The number of nitrogens with one attached hydrogen (secondary N) is 1. The molecule has 2 aromatic rings. The fourth-order valence-corrected chi connectivity index (χ4v) is 2.14. The maximum atomic E-state index is 12.0. The van der Waals surface area contributed by atoms with Crippen molar-refractivity contribution in [2.75, 3.05) is 31.6 Å². The molecule has 5 nitrogen and oxygen atoms in total. The van der Waals surface area contributed by atoms with E-state index in [9.17, 15) is 4.79 Å². The lowest BCUT2D eigenvalue weighted by Gasteiger charge is -2.21. The number of carbonyl (C=O) groups is 1. The summed E-state index contributed by atoms with van der Waals surface area (Å²) >= 11 is 0. The predicted octanol–water partition coefficient (Wildman–Crippen LogP) is 2.17. The van der Waals surface area contributed by atoms with Crippen LogP contribution in [0.1, 0.15) is 0 Å². The second-order valence-electron chi connectivity index (χ2n) is 4.81. The molecule has 0 aliphatic carbocycles. The van der Waals surface area contributed by atoms with Gasteiger partial charge in [0.2, 0.25) is 0 Å². The second-order valence-corrected chi connectivity index (χ2v) is 4.81. The Kier molecular flexibility index (Phi) is 5.94. The highest BCUT2D eigenvalue weighted by molar-refractivity contribution is 5.89. The first-order valence-electron chi connectivity index (χ1n) is 7.17. The van der Waals surface area contributed by atoms with Crippen LogP contribution in [0.15, 0.2) is 54.6 Å². The molecule has 5 heteroatoms. The Morgan fingerprint density at radius 1 is 0.864 bits per heavy atom. The molecule has 0 atom stereocenters. The van der Waals surface area contributed by atoms with Gasteiger partial charge >= 0.3 is 6.03 Å². The molecule has 2 amide bonds. The summed E-state index contributed by atoms with van der Waals surface area (Å²) in [7, 11) is 0. The van der Waals surface area contributed by atoms with E-state index in [-0.39, 0.29) is 32.3 Å². The highest BCUT2D eigenvalue weighted by Gasteiger charge is 2.12. The minimum atomic E-state index is -0.337. The Balaban J connectivity index is 2.03. The molecule has 0 aliphatic heterocycles. The molecule has 0 heterocycles. The smallest absolute Gasteiger partial charge is 0.321 e. The molecule has 0 radical (unpaired) electrons. The van der Waals surface area contributed by atoms with Gasteiger partial charge < -0.3 is 20.4 Å². The van der Waals surface area contributed by atoms with Crippen LogP contribution >= 0.6 is 0 Å². The van der Waals surface area contributed by atoms with Crippen molar-refractivity contribution in [3.05, 3.63) is 54.6 Å². The van der Waals surface area contributed by atoms with Crippen molar-refractivity contribution in [2.24, 2.45) is 0 Å². The van der Waals surface area contributed by atoms with E-state index in [1.807, 2.05) is 54.6 Å². The van der Waals surface area contributed by atoms with E-state index in [1.54, 1.807) is 0 Å². The first-order chi connectivity index (χ1) is 10.7. The number of anilines is 1. The van der Waals surface area contributed by atoms with Gasteiger partial charge in [0.05, 0.1) is 13.2 Å². The molecule has 0 bridgehead atoms. The van der Waals surface area contributed by atoms with Gasteiger partial charge in [-0.15, -0.1) is 0 Å². The molecular formula is C17H20N2O3. The van der Waals surface area contributed by atoms with Gasteiger partial charge in [-0.1, -0.05) is 42.5 Å². The normalized spacial score (nSPS) is 10.3. The van der Waals surface area contributed by atoms with Crippen molar-refractivity contribution in [3.63, 3.8) is 0 Å². The van der Waals surface area contributed by atoms with Crippen LogP contribution in [0.2, 0.25) is 0 Å². The summed E-state index contributed by atoms with van der Waals surface area (Å²) in [5.41, 5.74) is 2.86. The molecular weight excluding hydrogens is 280 g/mol. The second kappa shape index (κ2) is 8.17.